The van der Waals surface area contributed by atoms with Crippen LogP contribution in [0.25, 0.3) is 11.5 Å². The van der Waals surface area contributed by atoms with Crippen molar-refractivity contribution in [1.82, 2.24) is 15.0 Å². The molecule has 3 rings (SSSR count). The first-order valence-electron chi connectivity index (χ1n) is 6.06. The topological polar surface area (TPSA) is 50.7 Å². The molecule has 1 aliphatic carbocycles. The molecular weight excluding hydrogens is 328 g/mol. The molecule has 0 spiro atoms. The van der Waals surface area contributed by atoms with Crippen molar-refractivity contribution in [3.8, 4) is 11.5 Å². The molecule has 1 fully saturated rings. The van der Waals surface area contributed by atoms with Crippen molar-refractivity contribution >= 4 is 33.3 Å². The first-order chi connectivity index (χ1) is 9.19. The van der Waals surface area contributed by atoms with Crippen LogP contribution in [0.5, 0.6) is 0 Å². The molecule has 0 amide bonds. The molecule has 98 valence electrons. The first-order valence-corrected chi connectivity index (χ1v) is 7.23. The molecule has 1 saturated carbocycles. The van der Waals surface area contributed by atoms with Gasteiger partial charge in [-0.05, 0) is 40.9 Å². The Morgan fingerprint density at radius 3 is 2.68 bits per heavy atom. The zero-order valence-corrected chi connectivity index (χ0v) is 12.7. The predicted molar refractivity (Wildman–Crippen MR) is 79.5 cm³/mol. The maximum atomic E-state index is 5.85. The molecule has 2 aromatic rings. The molecule has 0 aromatic carbocycles. The van der Waals surface area contributed by atoms with Crippen LogP contribution in [0.3, 0.4) is 0 Å². The average molecular weight is 340 g/mol. The Labute approximate surface area is 124 Å². The SMILES string of the molecule is CNc1nc(-c2ccc(Cl)cn2)nc(C2CC2)c1Br. The predicted octanol–water partition coefficient (Wildman–Crippen LogP) is 3.87. The molecular formula is C13H12BrClN4. The van der Waals surface area contributed by atoms with Crippen LogP contribution in [0, 0.1) is 0 Å². The number of pyridine rings is 1. The number of rotatable bonds is 3. The van der Waals surface area contributed by atoms with Gasteiger partial charge in [0.15, 0.2) is 5.82 Å². The molecule has 1 N–H and O–H groups in total. The van der Waals surface area contributed by atoms with Crippen molar-refractivity contribution in [2.24, 2.45) is 0 Å². The van der Waals surface area contributed by atoms with Crippen molar-refractivity contribution in [3.63, 3.8) is 0 Å². The molecule has 6 heteroatoms. The summed E-state index contributed by atoms with van der Waals surface area (Å²) in [7, 11) is 1.85. The monoisotopic (exact) mass is 338 g/mol. The fourth-order valence-electron chi connectivity index (χ4n) is 1.88. The lowest BCUT2D eigenvalue weighted by Crippen LogP contribution is -2.03. The first kappa shape index (κ1) is 12.8. The van der Waals surface area contributed by atoms with Gasteiger partial charge in [-0.3, -0.25) is 4.98 Å². The van der Waals surface area contributed by atoms with Crippen LogP contribution in [0.15, 0.2) is 22.8 Å². The highest BCUT2D eigenvalue weighted by atomic mass is 79.9. The van der Waals surface area contributed by atoms with Crippen molar-refractivity contribution in [2.75, 3.05) is 12.4 Å². The summed E-state index contributed by atoms with van der Waals surface area (Å²) < 4.78 is 0.954. The Morgan fingerprint density at radius 1 is 1.32 bits per heavy atom. The second kappa shape index (κ2) is 5.06. The van der Waals surface area contributed by atoms with Gasteiger partial charge in [-0.1, -0.05) is 11.6 Å². The Hall–Kier alpha value is -1.20. The summed E-state index contributed by atoms with van der Waals surface area (Å²) in [5, 5.41) is 3.70. The van der Waals surface area contributed by atoms with Crippen LogP contribution < -0.4 is 5.32 Å². The van der Waals surface area contributed by atoms with Gasteiger partial charge in [0, 0.05) is 19.2 Å². The summed E-state index contributed by atoms with van der Waals surface area (Å²) in [6.07, 6.45) is 3.98. The number of hydrogen-bond donors (Lipinski definition) is 1. The fourth-order valence-corrected chi connectivity index (χ4v) is 2.69. The standard InChI is InChI=1S/C13H12BrClN4/c1-16-13-10(14)11(7-2-3-7)18-12(19-13)9-5-4-8(15)6-17-9/h4-7H,2-3H2,1H3,(H,16,18,19). The average Bonchev–Trinajstić information content (AvgIpc) is 3.24. The third kappa shape index (κ3) is 2.58. The van der Waals surface area contributed by atoms with Crippen molar-refractivity contribution < 1.29 is 0 Å². The lowest BCUT2D eigenvalue weighted by Gasteiger charge is -2.10. The van der Waals surface area contributed by atoms with Crippen molar-refractivity contribution in [1.29, 1.82) is 0 Å². The summed E-state index contributed by atoms with van der Waals surface area (Å²) >= 11 is 9.42. The Kier molecular flexibility index (Phi) is 3.41. The minimum absolute atomic E-state index is 0.538. The van der Waals surface area contributed by atoms with Crippen LogP contribution in [-0.2, 0) is 0 Å². The highest BCUT2D eigenvalue weighted by Gasteiger charge is 2.29. The van der Waals surface area contributed by atoms with Gasteiger partial charge in [0.25, 0.3) is 0 Å². The van der Waals surface area contributed by atoms with Crippen LogP contribution in [-0.4, -0.2) is 22.0 Å². The molecule has 0 aliphatic heterocycles. The zero-order valence-electron chi connectivity index (χ0n) is 10.3. The Bertz CT molecular complexity index is 611. The fraction of sp³-hybridized carbons (Fsp3) is 0.308. The molecule has 2 heterocycles. The maximum Gasteiger partial charge on any atom is 0.180 e. The number of nitrogens with zero attached hydrogens (tertiary/aromatic N) is 3. The minimum atomic E-state index is 0.538. The smallest absolute Gasteiger partial charge is 0.180 e. The van der Waals surface area contributed by atoms with Crippen molar-refractivity contribution in [2.45, 2.75) is 18.8 Å². The molecule has 2 aromatic heterocycles. The van der Waals surface area contributed by atoms with Gasteiger partial charge in [0.2, 0.25) is 0 Å². The molecule has 19 heavy (non-hydrogen) atoms. The van der Waals surface area contributed by atoms with Gasteiger partial charge in [0.1, 0.15) is 11.5 Å². The van der Waals surface area contributed by atoms with E-state index < -0.39 is 0 Å². The quantitative estimate of drug-likeness (QED) is 0.922. The summed E-state index contributed by atoms with van der Waals surface area (Å²) in [5.74, 6) is 1.96. The minimum Gasteiger partial charge on any atom is -0.372 e. The van der Waals surface area contributed by atoms with Gasteiger partial charge in [-0.2, -0.15) is 0 Å². The van der Waals surface area contributed by atoms with Gasteiger partial charge in [-0.25, -0.2) is 9.97 Å². The van der Waals surface area contributed by atoms with Crippen LogP contribution in [0.1, 0.15) is 24.5 Å². The summed E-state index contributed by atoms with van der Waals surface area (Å²) in [6, 6.07) is 3.63. The molecule has 0 bridgehead atoms. The van der Waals surface area contributed by atoms with Crippen LogP contribution in [0.4, 0.5) is 5.82 Å². The zero-order chi connectivity index (χ0) is 13.4. The van der Waals surface area contributed by atoms with E-state index in [0.29, 0.717) is 16.8 Å². The maximum absolute atomic E-state index is 5.85. The van der Waals surface area contributed by atoms with Gasteiger partial charge < -0.3 is 5.32 Å². The van der Waals surface area contributed by atoms with E-state index >= 15 is 0 Å². The van der Waals surface area contributed by atoms with Gasteiger partial charge >= 0.3 is 0 Å². The van der Waals surface area contributed by atoms with E-state index in [-0.39, 0.29) is 0 Å². The highest BCUT2D eigenvalue weighted by Crippen LogP contribution is 2.44. The number of nitrogens with one attached hydrogen (secondary N) is 1. The molecule has 0 saturated heterocycles. The molecule has 0 radical (unpaired) electrons. The number of aromatic nitrogens is 3. The van der Waals surface area contributed by atoms with Gasteiger partial charge in [0.05, 0.1) is 15.2 Å². The van der Waals surface area contributed by atoms with E-state index in [9.17, 15) is 0 Å². The summed E-state index contributed by atoms with van der Waals surface area (Å²) in [4.78, 5) is 13.4. The van der Waals surface area contributed by atoms with Crippen molar-refractivity contribution in [3.05, 3.63) is 33.5 Å². The van der Waals surface area contributed by atoms with Crippen LogP contribution >= 0.6 is 27.5 Å². The summed E-state index contributed by atoms with van der Waals surface area (Å²) in [6.45, 7) is 0. The highest BCUT2D eigenvalue weighted by molar-refractivity contribution is 9.10. The normalized spacial score (nSPS) is 14.5. The third-order valence-electron chi connectivity index (χ3n) is 3.03. The summed E-state index contributed by atoms with van der Waals surface area (Å²) in [5.41, 5.74) is 1.79. The van der Waals surface area contributed by atoms with E-state index in [1.54, 1.807) is 12.3 Å². The van der Waals surface area contributed by atoms with E-state index in [4.69, 9.17) is 11.6 Å². The lowest BCUT2D eigenvalue weighted by molar-refractivity contribution is 0.974. The number of anilines is 1. The van der Waals surface area contributed by atoms with E-state index in [1.807, 2.05) is 13.1 Å². The molecule has 4 nitrogen and oxygen atoms in total. The lowest BCUT2D eigenvalue weighted by atomic mass is 10.2. The Morgan fingerprint density at radius 2 is 2.11 bits per heavy atom. The second-order valence-electron chi connectivity index (χ2n) is 4.48. The van der Waals surface area contributed by atoms with Gasteiger partial charge in [-0.15, -0.1) is 0 Å². The van der Waals surface area contributed by atoms with Crippen LogP contribution in [0.2, 0.25) is 5.02 Å². The van der Waals surface area contributed by atoms with E-state index in [1.165, 1.54) is 12.8 Å². The molecule has 0 atom stereocenters. The molecule has 1 aliphatic rings. The Balaban J connectivity index is 2.10. The number of hydrogen-bond acceptors (Lipinski definition) is 4. The van der Waals surface area contributed by atoms with E-state index in [2.05, 4.69) is 36.2 Å². The molecule has 0 unspecified atom stereocenters. The number of halogens is 2. The largest absolute Gasteiger partial charge is 0.372 e. The van der Waals surface area contributed by atoms with E-state index in [0.717, 1.165) is 21.7 Å². The second-order valence-corrected chi connectivity index (χ2v) is 5.71. The third-order valence-corrected chi connectivity index (χ3v) is 4.04.